The maximum absolute atomic E-state index is 2.51. The molecule has 2 heteroatoms. The Labute approximate surface area is 387 Å². The topological polar surface area (TPSA) is 3.24 Å². The third-order valence-corrected chi connectivity index (χ3v) is 18.1. The van der Waals surface area contributed by atoms with E-state index in [-0.39, 0.29) is 5.41 Å². The van der Waals surface area contributed by atoms with Gasteiger partial charge in [0, 0.05) is 42.1 Å². The van der Waals surface area contributed by atoms with Crippen molar-refractivity contribution in [2.75, 3.05) is 4.90 Å². The van der Waals surface area contributed by atoms with Gasteiger partial charge in [0.15, 0.2) is 0 Å². The normalized spacial score (nSPS) is 14.6. The molecule has 0 saturated heterocycles. The Morgan fingerprint density at radius 3 is 1.42 bits per heavy atom. The number of fused-ring (bicyclic) bond motifs is 3. The first-order valence-corrected chi connectivity index (χ1v) is 25.1. The number of hydrogen-bond acceptors (Lipinski definition) is 1. The van der Waals surface area contributed by atoms with Crippen LogP contribution < -0.4 is 4.90 Å². The highest BCUT2D eigenvalue weighted by molar-refractivity contribution is 8.34. The molecule has 0 aliphatic heterocycles. The fourth-order valence-electron chi connectivity index (χ4n) is 10.9. The van der Waals surface area contributed by atoms with Gasteiger partial charge in [-0.2, -0.15) is 0 Å². The summed E-state index contributed by atoms with van der Waals surface area (Å²) in [4.78, 5) is 7.79. The summed E-state index contributed by atoms with van der Waals surface area (Å²) in [6, 6.07) is 86.6. The van der Waals surface area contributed by atoms with E-state index in [4.69, 9.17) is 0 Å². The van der Waals surface area contributed by atoms with Crippen LogP contribution in [0.25, 0.3) is 33.4 Å². The summed E-state index contributed by atoms with van der Waals surface area (Å²) < 4.78 is 0. The second kappa shape index (κ2) is 17.3. The molecule has 2 aliphatic carbocycles. The Bertz CT molecular complexity index is 2950. The molecule has 0 bridgehead atoms. The van der Waals surface area contributed by atoms with Crippen molar-refractivity contribution >= 4 is 27.1 Å². The number of hydrogen-bond donors (Lipinski definition) is 0. The molecule has 0 atom stereocenters. The minimum atomic E-state index is -1.84. The predicted molar refractivity (Wildman–Crippen MR) is 275 cm³/mol. The summed E-state index contributed by atoms with van der Waals surface area (Å²) >= 11 is 0. The average molecular weight is 858 g/mol. The molecule has 1 nitrogen and oxygen atoms in total. The number of benzene rings is 9. The molecule has 9 aromatic rings. The second-order valence-corrected chi connectivity index (χ2v) is 21.4. The van der Waals surface area contributed by atoms with Crippen LogP contribution in [-0.4, -0.2) is 0 Å². The van der Waals surface area contributed by atoms with E-state index in [0.29, 0.717) is 5.92 Å². The maximum Gasteiger partial charge on any atom is 0.0471 e. The zero-order valence-electron chi connectivity index (χ0n) is 37.4. The molecule has 0 amide bonds. The number of nitrogens with zero attached hydrogens (tertiary/aromatic N) is 1. The van der Waals surface area contributed by atoms with Crippen LogP contribution in [0.2, 0.25) is 0 Å². The van der Waals surface area contributed by atoms with Crippen molar-refractivity contribution in [2.24, 2.45) is 0 Å². The lowest BCUT2D eigenvalue weighted by molar-refractivity contribution is 0.443. The number of rotatable bonds is 10. The third-order valence-electron chi connectivity index (χ3n) is 14.2. The van der Waals surface area contributed by atoms with Crippen molar-refractivity contribution in [1.29, 1.82) is 0 Å². The van der Waals surface area contributed by atoms with Gasteiger partial charge < -0.3 is 4.90 Å². The lowest BCUT2D eigenvalue weighted by Gasteiger charge is -2.42. The van der Waals surface area contributed by atoms with Crippen LogP contribution in [0.1, 0.15) is 68.6 Å². The van der Waals surface area contributed by atoms with Crippen LogP contribution in [-0.2, 0) is 5.41 Å². The van der Waals surface area contributed by atoms with E-state index in [1.54, 1.807) is 0 Å². The Morgan fingerprint density at radius 1 is 0.385 bits per heavy atom. The Kier molecular flexibility index (Phi) is 10.9. The Hall–Kier alpha value is -6.87. The van der Waals surface area contributed by atoms with Crippen LogP contribution in [0.15, 0.2) is 250 Å². The van der Waals surface area contributed by atoms with Gasteiger partial charge in [-0.3, -0.25) is 0 Å². The fourth-order valence-corrected chi connectivity index (χ4v) is 14.8. The van der Waals surface area contributed by atoms with Crippen molar-refractivity contribution in [3.63, 3.8) is 0 Å². The van der Waals surface area contributed by atoms with Gasteiger partial charge in [0.05, 0.1) is 0 Å². The first kappa shape index (κ1) is 40.9. The van der Waals surface area contributed by atoms with Crippen LogP contribution >= 0.6 is 10.0 Å². The van der Waals surface area contributed by atoms with E-state index in [1.807, 2.05) is 0 Å². The molecule has 0 unspecified atom stereocenters. The van der Waals surface area contributed by atoms with E-state index in [0.717, 1.165) is 11.4 Å². The van der Waals surface area contributed by atoms with E-state index < -0.39 is 10.0 Å². The minimum Gasteiger partial charge on any atom is -0.310 e. The smallest absolute Gasteiger partial charge is 0.0471 e. The summed E-state index contributed by atoms with van der Waals surface area (Å²) in [5.41, 5.74) is 15.1. The molecule has 1 saturated carbocycles. The quantitative estimate of drug-likeness (QED) is 0.132. The van der Waals surface area contributed by atoms with Crippen molar-refractivity contribution < 1.29 is 0 Å². The molecule has 318 valence electrons. The molecule has 0 N–H and O–H groups in total. The summed E-state index contributed by atoms with van der Waals surface area (Å²) in [5.74, 6) is 0.639. The summed E-state index contributed by atoms with van der Waals surface area (Å²) in [6.07, 6.45) is 6.57. The lowest BCUT2D eigenvalue weighted by Crippen LogP contribution is -2.17. The second-order valence-electron chi connectivity index (χ2n) is 18.3. The molecule has 0 heterocycles. The molecular weight excluding hydrogens is 803 g/mol. The van der Waals surface area contributed by atoms with Gasteiger partial charge in [0.1, 0.15) is 0 Å². The monoisotopic (exact) mass is 857 g/mol. The van der Waals surface area contributed by atoms with Crippen LogP contribution in [0.3, 0.4) is 0 Å². The lowest BCUT2D eigenvalue weighted by atomic mass is 9.81. The predicted octanol–water partition coefficient (Wildman–Crippen LogP) is 18.2. The molecule has 11 rings (SSSR count). The van der Waals surface area contributed by atoms with Crippen molar-refractivity contribution in [1.82, 2.24) is 0 Å². The van der Waals surface area contributed by atoms with E-state index >= 15 is 0 Å². The highest BCUT2D eigenvalue weighted by Gasteiger charge is 2.38. The molecule has 0 radical (unpaired) electrons. The largest absolute Gasteiger partial charge is 0.310 e. The zero-order chi connectivity index (χ0) is 43.8. The van der Waals surface area contributed by atoms with Crippen LogP contribution in [0, 0.1) is 0 Å². The van der Waals surface area contributed by atoms with Crippen LogP contribution in [0.5, 0.6) is 0 Å². The Morgan fingerprint density at radius 2 is 0.846 bits per heavy atom. The molecule has 2 aliphatic rings. The van der Waals surface area contributed by atoms with Gasteiger partial charge in [-0.1, -0.05) is 179 Å². The highest BCUT2D eigenvalue weighted by Crippen LogP contribution is 2.73. The van der Waals surface area contributed by atoms with Gasteiger partial charge in [-0.05, 0) is 154 Å². The molecule has 65 heavy (non-hydrogen) atoms. The SMILES string of the molecule is CC1(C)c2ccccc2-c2c(-c3ccc(-c4ccccc4)cc3)cc(N(c3ccc(C4CCCCC4)cc3)c3ccc(S(c4ccccc4)(c4ccccc4)c4ccccc4)cc3)cc21. The molecular formula is C63H55NS. The average Bonchev–Trinajstić information content (AvgIpc) is 3.61. The molecule has 1 fully saturated rings. The first-order valence-electron chi connectivity index (χ1n) is 23.4. The third kappa shape index (κ3) is 7.31. The first-order chi connectivity index (χ1) is 32.0. The minimum absolute atomic E-state index is 0.189. The van der Waals surface area contributed by atoms with Gasteiger partial charge in [-0.15, -0.1) is 10.0 Å². The number of anilines is 3. The van der Waals surface area contributed by atoms with Crippen molar-refractivity contribution in [2.45, 2.75) is 76.9 Å². The van der Waals surface area contributed by atoms with Crippen molar-refractivity contribution in [3.8, 4) is 33.4 Å². The van der Waals surface area contributed by atoms with Crippen LogP contribution in [0.4, 0.5) is 17.1 Å². The van der Waals surface area contributed by atoms with E-state index in [2.05, 4.69) is 249 Å². The Balaban J connectivity index is 1.11. The summed E-state index contributed by atoms with van der Waals surface area (Å²) in [7, 11) is -1.84. The van der Waals surface area contributed by atoms with E-state index in [9.17, 15) is 0 Å². The fraction of sp³-hybridized carbons (Fsp3) is 0.143. The molecule has 0 aromatic heterocycles. The van der Waals surface area contributed by atoms with Gasteiger partial charge in [0.2, 0.25) is 0 Å². The zero-order valence-corrected chi connectivity index (χ0v) is 38.2. The molecule has 0 spiro atoms. The highest BCUT2D eigenvalue weighted by atomic mass is 32.3. The van der Waals surface area contributed by atoms with E-state index in [1.165, 1.54) is 107 Å². The molecule has 9 aromatic carbocycles. The van der Waals surface area contributed by atoms with Crippen molar-refractivity contribution in [3.05, 3.63) is 247 Å². The summed E-state index contributed by atoms with van der Waals surface area (Å²) in [5, 5.41) is 0. The van der Waals surface area contributed by atoms with Gasteiger partial charge in [-0.25, -0.2) is 0 Å². The maximum atomic E-state index is 2.51. The van der Waals surface area contributed by atoms with Gasteiger partial charge in [0.25, 0.3) is 0 Å². The van der Waals surface area contributed by atoms with Gasteiger partial charge >= 0.3 is 0 Å². The summed E-state index contributed by atoms with van der Waals surface area (Å²) in [6.45, 7) is 4.81. The standard InChI is InChI=1S/C63H55NS/c1-63(2)60-31-19-18-30-58(60)62-59(50-34-32-48(33-35-50)46-20-8-3-9-21-46)44-53(45-61(62)63)64(51-38-36-49(37-39-51)47-22-10-4-11-23-47)52-40-42-57(43-41-52)65(54-24-12-5-13-25-54,55-26-14-6-15-27-55)56-28-16-7-17-29-56/h3,5-9,12-21,24-45,47H,4,10-11,22-23H2,1-2H3.